The predicted molar refractivity (Wildman–Crippen MR) is 116 cm³/mol. The molecule has 1 amide bonds. The number of guanidine groups is 1. The molecule has 1 heterocycles. The molecule has 0 radical (unpaired) electrons. The molecule has 0 aliphatic carbocycles. The van der Waals surface area contributed by atoms with Crippen LogP contribution < -0.4 is 10.6 Å². The normalized spacial score (nSPS) is 10.8. The second-order valence-electron chi connectivity index (χ2n) is 5.43. The molecule has 0 saturated carbocycles. The second kappa shape index (κ2) is 11.1. The largest absolute Gasteiger partial charge is 0.355 e. The quantitative estimate of drug-likeness (QED) is 0.386. The zero-order valence-corrected chi connectivity index (χ0v) is 17.9. The van der Waals surface area contributed by atoms with Crippen LogP contribution in [0.1, 0.15) is 20.8 Å². The number of thiophene rings is 1. The van der Waals surface area contributed by atoms with Crippen LogP contribution in [0.2, 0.25) is 0 Å². The smallest absolute Gasteiger partial charge is 0.251 e. The number of nitrogens with one attached hydrogen (secondary N) is 2. The molecule has 0 fully saturated rings. The van der Waals surface area contributed by atoms with Gasteiger partial charge in [-0.3, -0.25) is 9.79 Å². The minimum absolute atomic E-state index is 0. The van der Waals surface area contributed by atoms with Crippen molar-refractivity contribution in [3.05, 3.63) is 57.8 Å². The molecule has 2 aromatic rings. The third kappa shape index (κ3) is 6.66. The number of nitrogens with zero attached hydrogens (tertiary/aromatic N) is 2. The first-order valence-electron chi connectivity index (χ1n) is 7.89. The molecular weight excluding hydrogens is 447 g/mol. The zero-order chi connectivity index (χ0) is 17.4. The Hall–Kier alpha value is -1.61. The molecule has 0 atom stereocenters. The van der Waals surface area contributed by atoms with E-state index in [0.29, 0.717) is 12.1 Å². The van der Waals surface area contributed by atoms with E-state index in [2.05, 4.69) is 38.0 Å². The van der Waals surface area contributed by atoms with Crippen LogP contribution in [0.4, 0.5) is 0 Å². The molecule has 5 nitrogen and oxygen atoms in total. The van der Waals surface area contributed by atoms with Gasteiger partial charge >= 0.3 is 0 Å². The monoisotopic (exact) mass is 472 g/mol. The highest BCUT2D eigenvalue weighted by molar-refractivity contribution is 14.0. The molecular formula is C18H25IN4OS. The molecule has 0 aliphatic heterocycles. The van der Waals surface area contributed by atoms with Crippen molar-refractivity contribution < 1.29 is 4.79 Å². The Labute approximate surface area is 170 Å². The number of likely N-dealkylation sites (N-methyl/N-ethyl adjacent to an activating group) is 1. The molecule has 25 heavy (non-hydrogen) atoms. The summed E-state index contributed by atoms with van der Waals surface area (Å²) in [7, 11) is 5.46. The standard InChI is InChI=1S/C18H24N4OS.HI/c1-19-17(23)15-8-6-14(7-9-15)13-21-18(20-2)22(3)11-10-16-5-4-12-24-16;/h4-9,12H,10-11,13H2,1-3H3,(H,19,23)(H,20,21);1H. The Balaban J connectivity index is 0.00000312. The zero-order valence-electron chi connectivity index (χ0n) is 14.8. The molecule has 0 spiro atoms. The van der Waals surface area contributed by atoms with Gasteiger partial charge in [0.15, 0.2) is 5.96 Å². The number of rotatable bonds is 6. The lowest BCUT2D eigenvalue weighted by atomic mass is 10.1. The van der Waals surface area contributed by atoms with E-state index in [4.69, 9.17) is 0 Å². The van der Waals surface area contributed by atoms with E-state index in [1.807, 2.05) is 31.3 Å². The summed E-state index contributed by atoms with van der Waals surface area (Å²) in [5.41, 5.74) is 1.77. The van der Waals surface area contributed by atoms with Crippen molar-refractivity contribution >= 4 is 47.2 Å². The van der Waals surface area contributed by atoms with Crippen molar-refractivity contribution in [2.75, 3.05) is 27.7 Å². The minimum atomic E-state index is -0.0707. The van der Waals surface area contributed by atoms with Gasteiger partial charge in [-0.15, -0.1) is 35.3 Å². The van der Waals surface area contributed by atoms with Gasteiger partial charge in [0.25, 0.3) is 5.91 Å². The summed E-state index contributed by atoms with van der Waals surface area (Å²) < 4.78 is 0. The lowest BCUT2D eigenvalue weighted by molar-refractivity contribution is 0.0963. The molecule has 0 bridgehead atoms. The van der Waals surface area contributed by atoms with E-state index >= 15 is 0 Å². The number of halogens is 1. The lowest BCUT2D eigenvalue weighted by Gasteiger charge is -2.22. The maximum absolute atomic E-state index is 11.5. The topological polar surface area (TPSA) is 56.7 Å². The summed E-state index contributed by atoms with van der Waals surface area (Å²) in [6.07, 6.45) is 1.01. The fourth-order valence-electron chi connectivity index (χ4n) is 2.32. The van der Waals surface area contributed by atoms with E-state index < -0.39 is 0 Å². The Morgan fingerprint density at radius 3 is 2.52 bits per heavy atom. The summed E-state index contributed by atoms with van der Waals surface area (Å²) in [6, 6.07) is 11.8. The molecule has 136 valence electrons. The molecule has 2 rings (SSSR count). The van der Waals surface area contributed by atoms with Gasteiger partial charge in [0, 0.05) is 44.7 Å². The lowest BCUT2D eigenvalue weighted by Crippen LogP contribution is -2.39. The van der Waals surface area contributed by atoms with Gasteiger partial charge in [0.2, 0.25) is 0 Å². The van der Waals surface area contributed by atoms with Gasteiger partial charge in [-0.25, -0.2) is 0 Å². The van der Waals surface area contributed by atoms with Crippen molar-refractivity contribution in [2.45, 2.75) is 13.0 Å². The van der Waals surface area contributed by atoms with Gasteiger partial charge in [-0.05, 0) is 35.6 Å². The molecule has 0 saturated heterocycles. The average Bonchev–Trinajstić information content (AvgIpc) is 3.14. The average molecular weight is 472 g/mol. The first-order valence-corrected chi connectivity index (χ1v) is 8.77. The summed E-state index contributed by atoms with van der Waals surface area (Å²) >= 11 is 1.78. The summed E-state index contributed by atoms with van der Waals surface area (Å²) in [6.45, 7) is 1.58. The van der Waals surface area contributed by atoms with E-state index in [0.717, 1.165) is 24.5 Å². The van der Waals surface area contributed by atoms with Crippen LogP contribution in [0.25, 0.3) is 0 Å². The van der Waals surface area contributed by atoms with Crippen LogP contribution >= 0.6 is 35.3 Å². The number of benzene rings is 1. The maximum atomic E-state index is 11.5. The third-order valence-corrected chi connectivity index (χ3v) is 4.68. The van der Waals surface area contributed by atoms with Crippen LogP contribution in [-0.4, -0.2) is 44.5 Å². The number of hydrogen-bond acceptors (Lipinski definition) is 3. The third-order valence-electron chi connectivity index (χ3n) is 3.74. The summed E-state index contributed by atoms with van der Waals surface area (Å²) in [4.78, 5) is 19.4. The van der Waals surface area contributed by atoms with Crippen molar-refractivity contribution in [2.24, 2.45) is 4.99 Å². The van der Waals surface area contributed by atoms with Crippen molar-refractivity contribution in [1.82, 2.24) is 15.5 Å². The number of carbonyl (C=O) groups is 1. The fourth-order valence-corrected chi connectivity index (χ4v) is 3.02. The van der Waals surface area contributed by atoms with E-state index in [9.17, 15) is 4.79 Å². The van der Waals surface area contributed by atoms with E-state index in [1.54, 1.807) is 25.4 Å². The van der Waals surface area contributed by atoms with Gasteiger partial charge < -0.3 is 15.5 Å². The van der Waals surface area contributed by atoms with E-state index in [-0.39, 0.29) is 29.9 Å². The number of hydrogen-bond donors (Lipinski definition) is 2. The Kier molecular flexibility index (Phi) is 9.51. The fraction of sp³-hybridized carbons (Fsp3) is 0.333. The first kappa shape index (κ1) is 21.4. The van der Waals surface area contributed by atoms with Crippen LogP contribution in [0, 0.1) is 0 Å². The second-order valence-corrected chi connectivity index (χ2v) is 6.46. The van der Waals surface area contributed by atoms with Crippen molar-refractivity contribution in [1.29, 1.82) is 0 Å². The molecule has 0 aliphatic rings. The highest BCUT2D eigenvalue weighted by atomic mass is 127. The summed E-state index contributed by atoms with van der Waals surface area (Å²) in [5.74, 6) is 0.792. The highest BCUT2D eigenvalue weighted by Crippen LogP contribution is 2.09. The molecule has 1 aromatic heterocycles. The minimum Gasteiger partial charge on any atom is -0.355 e. The van der Waals surface area contributed by atoms with Crippen molar-refractivity contribution in [3.63, 3.8) is 0 Å². The van der Waals surface area contributed by atoms with Gasteiger partial charge in [0.05, 0.1) is 0 Å². The Bertz CT molecular complexity index is 671. The number of amides is 1. The van der Waals surface area contributed by atoms with Crippen LogP contribution in [0.5, 0.6) is 0 Å². The molecule has 7 heteroatoms. The van der Waals surface area contributed by atoms with Gasteiger partial charge in [-0.2, -0.15) is 0 Å². The first-order chi connectivity index (χ1) is 11.6. The number of carbonyl (C=O) groups excluding carboxylic acids is 1. The van der Waals surface area contributed by atoms with Gasteiger partial charge in [0.1, 0.15) is 0 Å². The molecule has 2 N–H and O–H groups in total. The van der Waals surface area contributed by atoms with E-state index in [1.165, 1.54) is 4.88 Å². The SMILES string of the molecule is CN=C(NCc1ccc(C(=O)NC)cc1)N(C)CCc1cccs1.I. The Morgan fingerprint density at radius 2 is 1.96 bits per heavy atom. The van der Waals surface area contributed by atoms with Crippen LogP contribution in [0.3, 0.4) is 0 Å². The maximum Gasteiger partial charge on any atom is 0.251 e. The predicted octanol–water partition coefficient (Wildman–Crippen LogP) is 2.98. The van der Waals surface area contributed by atoms with Gasteiger partial charge in [-0.1, -0.05) is 18.2 Å². The molecule has 0 unspecified atom stereocenters. The van der Waals surface area contributed by atoms with Crippen LogP contribution in [-0.2, 0) is 13.0 Å². The van der Waals surface area contributed by atoms with Crippen LogP contribution in [0.15, 0.2) is 46.8 Å². The Morgan fingerprint density at radius 1 is 1.24 bits per heavy atom. The molecule has 1 aromatic carbocycles. The summed E-state index contributed by atoms with van der Waals surface area (Å²) in [5, 5.41) is 8.08. The number of aliphatic imine (C=N–C) groups is 1. The van der Waals surface area contributed by atoms with Crippen molar-refractivity contribution in [3.8, 4) is 0 Å². The highest BCUT2D eigenvalue weighted by Gasteiger charge is 2.07.